The molecule has 2 aromatic rings. The maximum atomic E-state index is 6.25. The van der Waals surface area contributed by atoms with Gasteiger partial charge in [0.05, 0.1) is 4.83 Å². The van der Waals surface area contributed by atoms with Crippen molar-refractivity contribution in [2.24, 2.45) is 5.16 Å². The average molecular weight is 346 g/mol. The molecule has 0 aromatic heterocycles. The molecule has 1 saturated heterocycles. The Kier molecular flexibility index (Phi) is 3.97. The third-order valence-electron chi connectivity index (χ3n) is 3.67. The fraction of sp³-hybridized carbons (Fsp3) is 0.235. The van der Waals surface area contributed by atoms with E-state index in [0.717, 1.165) is 11.1 Å². The highest BCUT2D eigenvalue weighted by molar-refractivity contribution is 9.09. The summed E-state index contributed by atoms with van der Waals surface area (Å²) in [5.41, 5.74) is 1.61. The van der Waals surface area contributed by atoms with E-state index in [0.29, 0.717) is 12.3 Å². The molecule has 0 N–H and O–H groups in total. The maximum absolute atomic E-state index is 6.25. The zero-order valence-electron chi connectivity index (χ0n) is 11.7. The second-order valence-corrected chi connectivity index (χ2v) is 6.01. The van der Waals surface area contributed by atoms with Gasteiger partial charge in [0.1, 0.15) is 7.11 Å². The van der Waals surface area contributed by atoms with Crippen molar-refractivity contribution in [2.75, 3.05) is 7.11 Å². The van der Waals surface area contributed by atoms with Crippen molar-refractivity contribution in [3.05, 3.63) is 71.8 Å². The van der Waals surface area contributed by atoms with E-state index in [4.69, 9.17) is 9.57 Å². The molecule has 0 saturated carbocycles. The van der Waals surface area contributed by atoms with Gasteiger partial charge in [-0.2, -0.15) is 0 Å². The van der Waals surface area contributed by atoms with E-state index in [9.17, 15) is 0 Å². The largest absolute Gasteiger partial charge is 0.461 e. The van der Waals surface area contributed by atoms with Crippen molar-refractivity contribution >= 4 is 21.8 Å². The van der Waals surface area contributed by atoms with Gasteiger partial charge in [0.25, 0.3) is 0 Å². The first-order valence-corrected chi connectivity index (χ1v) is 7.73. The second-order valence-electron chi connectivity index (χ2n) is 4.91. The minimum atomic E-state index is -0.583. The van der Waals surface area contributed by atoms with Crippen LogP contribution in [-0.4, -0.2) is 17.8 Å². The average Bonchev–Trinajstić information content (AvgIpc) is 2.87. The highest BCUT2D eigenvalue weighted by Crippen LogP contribution is 2.46. The molecular formula is C17H16BrNO2. The second kappa shape index (κ2) is 5.90. The molecule has 3 nitrogen and oxygen atoms in total. The molecular weight excluding hydrogens is 330 g/mol. The Morgan fingerprint density at radius 3 is 2.05 bits per heavy atom. The summed E-state index contributed by atoms with van der Waals surface area (Å²) in [7, 11) is 1.53. The third-order valence-corrected chi connectivity index (χ3v) is 4.64. The van der Waals surface area contributed by atoms with E-state index in [-0.39, 0.29) is 4.83 Å². The molecule has 0 amide bonds. The summed E-state index contributed by atoms with van der Waals surface area (Å²) in [6.45, 7) is 0. The summed E-state index contributed by atoms with van der Waals surface area (Å²) < 4.78 is 6.25. The molecule has 1 heterocycles. The van der Waals surface area contributed by atoms with Gasteiger partial charge < -0.3 is 9.57 Å². The Morgan fingerprint density at radius 2 is 1.57 bits per heavy atom. The lowest BCUT2D eigenvalue weighted by Gasteiger charge is -2.32. The predicted octanol–water partition coefficient (Wildman–Crippen LogP) is 4.07. The predicted molar refractivity (Wildman–Crippen MR) is 86.5 cm³/mol. The van der Waals surface area contributed by atoms with Gasteiger partial charge in [-0.15, -0.1) is 0 Å². The first-order valence-electron chi connectivity index (χ1n) is 6.81. The number of rotatable bonds is 3. The fourth-order valence-corrected chi connectivity index (χ4v) is 3.66. The van der Waals surface area contributed by atoms with Crippen LogP contribution in [0.1, 0.15) is 17.5 Å². The molecule has 1 atom stereocenters. The summed E-state index contributed by atoms with van der Waals surface area (Å²) >= 11 is 3.78. The van der Waals surface area contributed by atoms with Crippen LogP contribution in [0.2, 0.25) is 0 Å². The number of alkyl halides is 1. The van der Waals surface area contributed by atoms with Gasteiger partial charge in [-0.05, 0) is 0 Å². The summed E-state index contributed by atoms with van der Waals surface area (Å²) in [5, 5.41) is 3.98. The molecule has 21 heavy (non-hydrogen) atoms. The van der Waals surface area contributed by atoms with Crippen molar-refractivity contribution < 1.29 is 9.57 Å². The van der Waals surface area contributed by atoms with Crippen molar-refractivity contribution in [2.45, 2.75) is 16.8 Å². The molecule has 0 bridgehead atoms. The van der Waals surface area contributed by atoms with Crippen molar-refractivity contribution in [1.82, 2.24) is 0 Å². The van der Waals surface area contributed by atoms with Gasteiger partial charge in [-0.3, -0.25) is 0 Å². The maximum Gasteiger partial charge on any atom is 0.228 e. The number of nitrogens with zero attached hydrogens (tertiary/aromatic N) is 1. The first-order chi connectivity index (χ1) is 10.3. The number of oxime groups is 1. The van der Waals surface area contributed by atoms with E-state index in [1.807, 2.05) is 36.4 Å². The monoisotopic (exact) mass is 345 g/mol. The van der Waals surface area contributed by atoms with Crippen LogP contribution in [0.25, 0.3) is 0 Å². The van der Waals surface area contributed by atoms with Crippen LogP contribution in [0.4, 0.5) is 0 Å². The lowest BCUT2D eigenvalue weighted by molar-refractivity contribution is 0.116. The highest BCUT2D eigenvalue weighted by Gasteiger charge is 2.50. The van der Waals surface area contributed by atoms with Gasteiger partial charge in [-0.1, -0.05) is 81.7 Å². The van der Waals surface area contributed by atoms with Gasteiger partial charge in [0.2, 0.25) is 5.90 Å². The lowest BCUT2D eigenvalue weighted by Crippen LogP contribution is -2.34. The summed E-state index contributed by atoms with van der Waals surface area (Å²) in [6, 6.07) is 20.4. The quantitative estimate of drug-likeness (QED) is 0.620. The van der Waals surface area contributed by atoms with E-state index in [1.54, 1.807) is 0 Å². The number of hydrogen-bond acceptors (Lipinski definition) is 3. The van der Waals surface area contributed by atoms with Gasteiger partial charge in [0.15, 0.2) is 5.60 Å². The first kappa shape index (κ1) is 14.1. The summed E-state index contributed by atoms with van der Waals surface area (Å²) in [6.07, 6.45) is 0.678. The van der Waals surface area contributed by atoms with Gasteiger partial charge in [0, 0.05) is 17.5 Å². The summed E-state index contributed by atoms with van der Waals surface area (Å²) in [4.78, 5) is 4.97. The van der Waals surface area contributed by atoms with E-state index >= 15 is 0 Å². The molecule has 1 aliphatic rings. The molecule has 2 aromatic carbocycles. The standard InChI is InChI=1S/C17H16BrNO2/c1-20-19-16-12-15(18)17(21-16,13-8-4-2-5-9-13)14-10-6-3-7-11-14/h2-11,15H,12H2,1H3/b19-16-. The van der Waals surface area contributed by atoms with Gasteiger partial charge in [-0.25, -0.2) is 0 Å². The van der Waals surface area contributed by atoms with Crippen LogP contribution in [0.5, 0.6) is 0 Å². The summed E-state index contributed by atoms with van der Waals surface area (Å²) in [5.74, 6) is 0.604. The topological polar surface area (TPSA) is 30.8 Å². The Balaban J connectivity index is 2.15. The molecule has 1 aliphatic heterocycles. The van der Waals surface area contributed by atoms with Crippen LogP contribution in [0.15, 0.2) is 65.8 Å². The van der Waals surface area contributed by atoms with E-state index in [2.05, 4.69) is 45.4 Å². The fourth-order valence-electron chi connectivity index (χ4n) is 2.76. The SMILES string of the molecule is CO/N=C1/CC(Br)C(c2ccccc2)(c2ccccc2)O1. The zero-order chi connectivity index (χ0) is 14.7. The van der Waals surface area contributed by atoms with Crippen LogP contribution >= 0.6 is 15.9 Å². The van der Waals surface area contributed by atoms with Crippen molar-refractivity contribution in [1.29, 1.82) is 0 Å². The Hall–Kier alpha value is -1.81. The highest BCUT2D eigenvalue weighted by atomic mass is 79.9. The Labute approximate surface area is 132 Å². The lowest BCUT2D eigenvalue weighted by atomic mass is 9.84. The van der Waals surface area contributed by atoms with E-state index < -0.39 is 5.60 Å². The molecule has 0 aliphatic carbocycles. The number of ether oxygens (including phenoxy) is 1. The molecule has 4 heteroatoms. The molecule has 0 radical (unpaired) electrons. The van der Waals surface area contributed by atoms with Crippen molar-refractivity contribution in [3.8, 4) is 0 Å². The number of hydrogen-bond donors (Lipinski definition) is 0. The molecule has 0 spiro atoms. The Bertz CT molecular complexity index is 588. The van der Waals surface area contributed by atoms with Crippen LogP contribution < -0.4 is 0 Å². The van der Waals surface area contributed by atoms with Gasteiger partial charge >= 0.3 is 0 Å². The minimum absolute atomic E-state index is 0.0868. The third kappa shape index (κ3) is 2.44. The van der Waals surface area contributed by atoms with Crippen LogP contribution in [-0.2, 0) is 15.2 Å². The van der Waals surface area contributed by atoms with Crippen LogP contribution in [0, 0.1) is 0 Å². The normalized spacial score (nSPS) is 22.0. The zero-order valence-corrected chi connectivity index (χ0v) is 13.3. The molecule has 108 valence electrons. The smallest absolute Gasteiger partial charge is 0.228 e. The van der Waals surface area contributed by atoms with E-state index in [1.165, 1.54) is 7.11 Å². The number of benzene rings is 2. The molecule has 1 fully saturated rings. The molecule has 3 rings (SSSR count). The molecule has 1 unspecified atom stereocenters. The Morgan fingerprint density at radius 1 is 1.05 bits per heavy atom. The minimum Gasteiger partial charge on any atom is -0.461 e. The van der Waals surface area contributed by atoms with Crippen molar-refractivity contribution in [3.63, 3.8) is 0 Å². The van der Waals surface area contributed by atoms with Crippen LogP contribution in [0.3, 0.4) is 0 Å². The number of halogens is 1.